The molecule has 3 aromatic carbocycles. The molecule has 4 aromatic rings. The van der Waals surface area contributed by atoms with Crippen LogP contribution in [-0.4, -0.2) is 29.7 Å². The summed E-state index contributed by atoms with van der Waals surface area (Å²) in [5, 5.41) is 8.79. The fourth-order valence-electron chi connectivity index (χ4n) is 3.02. The van der Waals surface area contributed by atoms with Crippen LogP contribution in [0.15, 0.2) is 83.1 Å². The van der Waals surface area contributed by atoms with Crippen molar-refractivity contribution >= 4 is 57.3 Å². The van der Waals surface area contributed by atoms with Gasteiger partial charge in [-0.05, 0) is 48.5 Å². The second kappa shape index (κ2) is 11.2. The van der Waals surface area contributed by atoms with Gasteiger partial charge in [-0.2, -0.15) is 0 Å². The van der Waals surface area contributed by atoms with E-state index in [4.69, 9.17) is 16.3 Å². The molecule has 0 aliphatic rings. The summed E-state index contributed by atoms with van der Waals surface area (Å²) in [6, 6.07) is 21.7. The van der Waals surface area contributed by atoms with E-state index in [1.165, 1.54) is 23.1 Å². The number of carbonyl (C=O) groups is 2. The van der Waals surface area contributed by atoms with Gasteiger partial charge in [-0.25, -0.2) is 4.98 Å². The normalized spacial score (nSPS) is 10.5. The molecule has 172 valence electrons. The molecular weight excluding hydrogens is 490 g/mol. The minimum atomic E-state index is -0.237. The molecule has 1 heterocycles. The van der Waals surface area contributed by atoms with Gasteiger partial charge in [0.15, 0.2) is 5.13 Å². The number of halogens is 1. The molecule has 2 N–H and O–H groups in total. The quantitative estimate of drug-likeness (QED) is 0.266. The number of benzene rings is 3. The Morgan fingerprint density at radius 1 is 1.03 bits per heavy atom. The number of thiazole rings is 1. The zero-order valence-corrected chi connectivity index (χ0v) is 20.5. The number of carbonyl (C=O) groups excluding carboxylic acids is 2. The molecule has 34 heavy (non-hydrogen) atoms. The SMILES string of the molecule is COc1cccc(C(=O)Nc2cccc(SCC(=O)Nc3nc(-c4ccc(Cl)cc4)cs3)c2)c1. The molecule has 0 saturated heterocycles. The first kappa shape index (κ1) is 23.8. The molecule has 1 aromatic heterocycles. The minimum absolute atomic E-state index is 0.159. The number of thioether (sulfide) groups is 1. The summed E-state index contributed by atoms with van der Waals surface area (Å²) in [5.74, 6) is 0.429. The van der Waals surface area contributed by atoms with Gasteiger partial charge < -0.3 is 15.4 Å². The van der Waals surface area contributed by atoms with Crippen LogP contribution in [-0.2, 0) is 4.79 Å². The first-order valence-electron chi connectivity index (χ1n) is 10.2. The first-order valence-corrected chi connectivity index (χ1v) is 12.4. The zero-order chi connectivity index (χ0) is 23.9. The van der Waals surface area contributed by atoms with Gasteiger partial charge in [0.05, 0.1) is 18.6 Å². The number of methoxy groups -OCH3 is 1. The molecule has 0 fully saturated rings. The van der Waals surface area contributed by atoms with Gasteiger partial charge in [-0.1, -0.05) is 35.9 Å². The molecule has 9 heteroatoms. The van der Waals surface area contributed by atoms with E-state index < -0.39 is 0 Å². The maximum Gasteiger partial charge on any atom is 0.255 e. The summed E-state index contributed by atoms with van der Waals surface area (Å²) >= 11 is 8.67. The monoisotopic (exact) mass is 509 g/mol. The Bertz CT molecular complexity index is 1310. The lowest BCUT2D eigenvalue weighted by Gasteiger charge is -2.08. The molecule has 0 spiro atoms. The number of amides is 2. The van der Waals surface area contributed by atoms with Crippen LogP contribution in [0.1, 0.15) is 10.4 Å². The molecular formula is C25H20ClN3O3S2. The number of hydrogen-bond donors (Lipinski definition) is 2. The summed E-state index contributed by atoms with van der Waals surface area (Å²) in [6.07, 6.45) is 0. The van der Waals surface area contributed by atoms with Crippen LogP contribution in [0.25, 0.3) is 11.3 Å². The number of ether oxygens (including phenoxy) is 1. The Balaban J connectivity index is 1.31. The van der Waals surface area contributed by atoms with E-state index in [1.54, 1.807) is 49.6 Å². The Kier molecular flexibility index (Phi) is 7.84. The third-order valence-electron chi connectivity index (χ3n) is 4.68. The molecule has 0 radical (unpaired) electrons. The van der Waals surface area contributed by atoms with E-state index in [9.17, 15) is 9.59 Å². The fourth-order valence-corrected chi connectivity index (χ4v) is 4.64. The third-order valence-corrected chi connectivity index (χ3v) is 6.69. The van der Waals surface area contributed by atoms with Crippen LogP contribution in [0, 0.1) is 0 Å². The number of hydrogen-bond acceptors (Lipinski definition) is 6. The van der Waals surface area contributed by atoms with Crippen molar-refractivity contribution in [2.45, 2.75) is 4.90 Å². The number of nitrogens with one attached hydrogen (secondary N) is 2. The molecule has 0 bridgehead atoms. The van der Waals surface area contributed by atoms with Gasteiger partial charge in [0.1, 0.15) is 5.75 Å². The number of anilines is 2. The Morgan fingerprint density at radius 2 is 1.82 bits per heavy atom. The van der Waals surface area contributed by atoms with Crippen molar-refractivity contribution in [2.75, 3.05) is 23.5 Å². The van der Waals surface area contributed by atoms with E-state index in [0.29, 0.717) is 27.2 Å². The Morgan fingerprint density at radius 3 is 2.62 bits per heavy atom. The topological polar surface area (TPSA) is 80.3 Å². The van der Waals surface area contributed by atoms with Gasteiger partial charge in [-0.3, -0.25) is 9.59 Å². The van der Waals surface area contributed by atoms with E-state index in [-0.39, 0.29) is 17.6 Å². The van der Waals surface area contributed by atoms with Gasteiger partial charge in [0.25, 0.3) is 5.91 Å². The molecule has 6 nitrogen and oxygen atoms in total. The van der Waals surface area contributed by atoms with Gasteiger partial charge in [0, 0.05) is 32.1 Å². The van der Waals surface area contributed by atoms with E-state index in [1.807, 2.05) is 35.7 Å². The Labute approximate surface area is 210 Å². The largest absolute Gasteiger partial charge is 0.497 e. The lowest BCUT2D eigenvalue weighted by molar-refractivity contribution is -0.113. The van der Waals surface area contributed by atoms with Gasteiger partial charge in [-0.15, -0.1) is 23.1 Å². The summed E-state index contributed by atoms with van der Waals surface area (Å²) in [4.78, 5) is 30.3. The fraction of sp³-hybridized carbons (Fsp3) is 0.0800. The number of nitrogens with zero attached hydrogens (tertiary/aromatic N) is 1. The van der Waals surface area contributed by atoms with Crippen LogP contribution < -0.4 is 15.4 Å². The van der Waals surface area contributed by atoms with Crippen molar-refractivity contribution in [3.8, 4) is 17.0 Å². The highest BCUT2D eigenvalue weighted by atomic mass is 35.5. The van der Waals surface area contributed by atoms with E-state index >= 15 is 0 Å². The van der Waals surface area contributed by atoms with Gasteiger partial charge in [0.2, 0.25) is 5.91 Å². The highest BCUT2D eigenvalue weighted by molar-refractivity contribution is 8.00. The van der Waals surface area contributed by atoms with Gasteiger partial charge >= 0.3 is 0 Å². The van der Waals surface area contributed by atoms with Crippen molar-refractivity contribution < 1.29 is 14.3 Å². The second-order valence-corrected chi connectivity index (χ2v) is 9.44. The highest BCUT2D eigenvalue weighted by Crippen LogP contribution is 2.27. The molecule has 0 atom stereocenters. The number of rotatable bonds is 8. The van der Waals surface area contributed by atoms with Crippen molar-refractivity contribution in [2.24, 2.45) is 0 Å². The maximum absolute atomic E-state index is 12.5. The maximum atomic E-state index is 12.5. The summed E-state index contributed by atoms with van der Waals surface area (Å²) < 4.78 is 5.17. The molecule has 0 saturated carbocycles. The van der Waals surface area contributed by atoms with E-state index in [2.05, 4.69) is 15.6 Å². The smallest absolute Gasteiger partial charge is 0.255 e. The van der Waals surface area contributed by atoms with Crippen molar-refractivity contribution in [1.82, 2.24) is 4.98 Å². The average Bonchev–Trinajstić information content (AvgIpc) is 3.32. The van der Waals surface area contributed by atoms with Crippen LogP contribution in [0.3, 0.4) is 0 Å². The van der Waals surface area contributed by atoms with Crippen molar-refractivity contribution in [1.29, 1.82) is 0 Å². The summed E-state index contributed by atoms with van der Waals surface area (Å²) in [5.41, 5.74) is 2.86. The van der Waals surface area contributed by atoms with Crippen LogP contribution in [0.2, 0.25) is 5.02 Å². The summed E-state index contributed by atoms with van der Waals surface area (Å²) in [7, 11) is 1.56. The standard InChI is InChI=1S/C25H20ClN3O3S2/c1-32-20-6-2-4-17(12-20)24(31)27-19-5-3-7-21(13-19)33-15-23(30)29-25-28-22(14-34-25)16-8-10-18(26)11-9-16/h2-14H,15H2,1H3,(H,27,31)(H,28,29,30). The lowest BCUT2D eigenvalue weighted by atomic mass is 10.2. The van der Waals surface area contributed by atoms with Crippen molar-refractivity contribution in [3.05, 3.63) is 88.8 Å². The Hall–Kier alpha value is -3.33. The molecule has 0 aliphatic carbocycles. The lowest BCUT2D eigenvalue weighted by Crippen LogP contribution is -2.14. The molecule has 0 unspecified atom stereocenters. The summed E-state index contributed by atoms with van der Waals surface area (Å²) in [6.45, 7) is 0. The minimum Gasteiger partial charge on any atom is -0.497 e. The number of aromatic nitrogens is 1. The van der Waals surface area contributed by atoms with Crippen LogP contribution >= 0.6 is 34.7 Å². The zero-order valence-electron chi connectivity index (χ0n) is 18.1. The second-order valence-electron chi connectivity index (χ2n) is 7.10. The molecule has 2 amide bonds. The predicted molar refractivity (Wildman–Crippen MR) is 139 cm³/mol. The van der Waals surface area contributed by atoms with Crippen molar-refractivity contribution in [3.63, 3.8) is 0 Å². The first-order chi connectivity index (χ1) is 16.5. The average molecular weight is 510 g/mol. The third kappa shape index (κ3) is 6.38. The van der Waals surface area contributed by atoms with E-state index in [0.717, 1.165) is 16.2 Å². The highest BCUT2D eigenvalue weighted by Gasteiger charge is 2.11. The van der Waals surface area contributed by atoms with Crippen LogP contribution in [0.5, 0.6) is 5.75 Å². The predicted octanol–water partition coefficient (Wildman–Crippen LogP) is 6.46. The van der Waals surface area contributed by atoms with Crippen LogP contribution in [0.4, 0.5) is 10.8 Å². The molecule has 0 aliphatic heterocycles. The molecule has 4 rings (SSSR count).